The zero-order valence-electron chi connectivity index (χ0n) is 14.2. The van der Waals surface area contributed by atoms with Gasteiger partial charge in [-0.15, -0.1) is 0 Å². The fourth-order valence-corrected chi connectivity index (χ4v) is 2.17. The van der Waals surface area contributed by atoms with Gasteiger partial charge >= 0.3 is 0 Å². The Bertz CT molecular complexity index is 556. The van der Waals surface area contributed by atoms with E-state index in [9.17, 15) is 0 Å². The molecule has 6 nitrogen and oxygen atoms in total. The number of thiocarbonyl (C=S) groups is 1. The molecule has 2 N–H and O–H groups in total. The highest BCUT2D eigenvalue weighted by atomic mass is 35.5. The number of methoxy groups -OCH3 is 1. The zero-order valence-corrected chi connectivity index (χ0v) is 15.8. The van der Waals surface area contributed by atoms with Gasteiger partial charge in [0.15, 0.2) is 16.6 Å². The van der Waals surface area contributed by atoms with E-state index in [0.29, 0.717) is 48.0 Å². The second-order valence-electron chi connectivity index (χ2n) is 4.73. The highest BCUT2D eigenvalue weighted by Crippen LogP contribution is 2.36. The molecule has 1 rings (SSSR count). The molecule has 0 heterocycles. The van der Waals surface area contributed by atoms with Gasteiger partial charge in [0.2, 0.25) is 0 Å². The number of benzene rings is 1. The third-order valence-electron chi connectivity index (χ3n) is 2.75. The maximum absolute atomic E-state index is 6.29. The first-order chi connectivity index (χ1) is 11.6. The molecule has 1 aromatic carbocycles. The molecule has 0 saturated heterocycles. The van der Waals surface area contributed by atoms with Crippen LogP contribution in [0.2, 0.25) is 5.02 Å². The van der Waals surface area contributed by atoms with Gasteiger partial charge in [-0.25, -0.2) is 0 Å². The van der Waals surface area contributed by atoms with Crippen molar-refractivity contribution >= 4 is 35.1 Å². The number of hydrazone groups is 1. The predicted molar refractivity (Wildman–Crippen MR) is 102 cm³/mol. The third-order valence-corrected chi connectivity index (χ3v) is 3.27. The van der Waals surface area contributed by atoms with E-state index < -0.39 is 0 Å². The summed E-state index contributed by atoms with van der Waals surface area (Å²) in [6.07, 6.45) is 2.50. The quantitative estimate of drug-likeness (QED) is 0.284. The molecular formula is C16H24ClN3O3S. The van der Waals surface area contributed by atoms with Crippen molar-refractivity contribution in [2.75, 3.05) is 33.5 Å². The summed E-state index contributed by atoms with van der Waals surface area (Å²) in [5, 5.41) is 7.94. The smallest absolute Gasteiger partial charge is 0.187 e. The molecule has 24 heavy (non-hydrogen) atoms. The molecule has 0 aromatic heterocycles. The Morgan fingerprint density at radius 3 is 2.75 bits per heavy atom. The second kappa shape index (κ2) is 11.9. The Balaban J connectivity index is 2.74. The summed E-state index contributed by atoms with van der Waals surface area (Å²) in [4.78, 5) is 0. The van der Waals surface area contributed by atoms with Crippen LogP contribution in [0.3, 0.4) is 0 Å². The van der Waals surface area contributed by atoms with Gasteiger partial charge in [0.25, 0.3) is 0 Å². The lowest BCUT2D eigenvalue weighted by atomic mass is 10.2. The van der Waals surface area contributed by atoms with Crippen molar-refractivity contribution in [2.24, 2.45) is 5.10 Å². The summed E-state index contributed by atoms with van der Waals surface area (Å²) in [6.45, 7) is 6.22. The number of ether oxygens (including phenoxy) is 3. The number of halogens is 1. The number of rotatable bonds is 10. The minimum Gasteiger partial charge on any atom is -0.490 e. The van der Waals surface area contributed by atoms with Crippen LogP contribution in [0.25, 0.3) is 0 Å². The molecule has 0 bridgehead atoms. The van der Waals surface area contributed by atoms with Crippen molar-refractivity contribution in [2.45, 2.75) is 20.3 Å². The van der Waals surface area contributed by atoms with Gasteiger partial charge in [0.1, 0.15) is 0 Å². The molecule has 0 unspecified atom stereocenters. The summed E-state index contributed by atoms with van der Waals surface area (Å²) < 4.78 is 16.2. The van der Waals surface area contributed by atoms with Gasteiger partial charge in [0.05, 0.1) is 31.1 Å². The molecule has 0 aliphatic heterocycles. The number of hydrogen-bond donors (Lipinski definition) is 2. The summed E-state index contributed by atoms with van der Waals surface area (Å²) in [6, 6.07) is 3.59. The van der Waals surface area contributed by atoms with Crippen molar-refractivity contribution in [1.82, 2.24) is 10.7 Å². The number of hydrogen-bond acceptors (Lipinski definition) is 5. The van der Waals surface area contributed by atoms with Crippen LogP contribution in [0.1, 0.15) is 25.8 Å². The molecule has 8 heteroatoms. The Morgan fingerprint density at radius 2 is 2.08 bits per heavy atom. The van der Waals surface area contributed by atoms with E-state index in [1.807, 2.05) is 19.9 Å². The molecule has 0 aliphatic rings. The molecule has 0 aliphatic carbocycles. The first kappa shape index (κ1) is 20.5. The van der Waals surface area contributed by atoms with Crippen molar-refractivity contribution in [1.29, 1.82) is 0 Å². The van der Waals surface area contributed by atoms with Crippen LogP contribution >= 0.6 is 23.8 Å². The average Bonchev–Trinajstić information content (AvgIpc) is 2.55. The lowest BCUT2D eigenvalue weighted by molar-refractivity contribution is 0.204. The molecule has 0 atom stereocenters. The molecular weight excluding hydrogens is 350 g/mol. The van der Waals surface area contributed by atoms with Gasteiger partial charge in [-0.1, -0.05) is 18.5 Å². The molecule has 0 radical (unpaired) electrons. The molecule has 1 aromatic rings. The highest BCUT2D eigenvalue weighted by Gasteiger charge is 2.11. The third kappa shape index (κ3) is 7.33. The van der Waals surface area contributed by atoms with E-state index in [2.05, 4.69) is 15.8 Å². The van der Waals surface area contributed by atoms with E-state index in [-0.39, 0.29) is 0 Å². The molecule has 134 valence electrons. The van der Waals surface area contributed by atoms with Gasteiger partial charge in [-0.05, 0) is 43.3 Å². The van der Waals surface area contributed by atoms with Crippen LogP contribution in [-0.2, 0) is 4.74 Å². The standard InChI is InChI=1S/C16H24ClN3O3S/c1-4-7-23-15-13(17)9-12(10-14(15)22-5-2)11-19-20-16(24)18-6-8-21-3/h9-11H,4-8H2,1-3H3,(H2,18,20,24)/b19-11-. The topological polar surface area (TPSA) is 64.1 Å². The zero-order chi connectivity index (χ0) is 17.8. The Morgan fingerprint density at radius 1 is 1.29 bits per heavy atom. The monoisotopic (exact) mass is 373 g/mol. The normalized spacial score (nSPS) is 10.7. The average molecular weight is 374 g/mol. The van der Waals surface area contributed by atoms with Gasteiger partial charge in [0, 0.05) is 13.7 Å². The lowest BCUT2D eigenvalue weighted by Gasteiger charge is -2.13. The maximum Gasteiger partial charge on any atom is 0.187 e. The molecule has 0 amide bonds. The van der Waals surface area contributed by atoms with Crippen LogP contribution < -0.4 is 20.2 Å². The van der Waals surface area contributed by atoms with E-state index in [0.717, 1.165) is 12.0 Å². The minimum atomic E-state index is 0.419. The number of nitrogens with zero attached hydrogens (tertiary/aromatic N) is 1. The Hall–Kier alpha value is -1.57. The van der Waals surface area contributed by atoms with Gasteiger partial charge in [-0.2, -0.15) is 5.10 Å². The summed E-state index contributed by atoms with van der Waals surface area (Å²) in [5.74, 6) is 1.16. The van der Waals surface area contributed by atoms with Gasteiger partial charge < -0.3 is 19.5 Å². The van der Waals surface area contributed by atoms with Crippen molar-refractivity contribution < 1.29 is 14.2 Å². The fourth-order valence-electron chi connectivity index (χ4n) is 1.74. The van der Waals surface area contributed by atoms with Gasteiger partial charge in [-0.3, -0.25) is 5.43 Å². The molecule has 0 fully saturated rings. The first-order valence-electron chi connectivity index (χ1n) is 7.77. The first-order valence-corrected chi connectivity index (χ1v) is 8.55. The van der Waals surface area contributed by atoms with Crippen LogP contribution in [0.5, 0.6) is 11.5 Å². The Kier molecular flexibility index (Phi) is 10.1. The van der Waals surface area contributed by atoms with E-state index in [1.54, 1.807) is 19.4 Å². The summed E-state index contributed by atoms with van der Waals surface area (Å²) in [5.41, 5.74) is 3.51. The summed E-state index contributed by atoms with van der Waals surface area (Å²) in [7, 11) is 1.63. The van der Waals surface area contributed by atoms with Crippen LogP contribution in [-0.4, -0.2) is 44.8 Å². The van der Waals surface area contributed by atoms with Crippen LogP contribution in [0.4, 0.5) is 0 Å². The van der Waals surface area contributed by atoms with Crippen molar-refractivity contribution in [3.63, 3.8) is 0 Å². The van der Waals surface area contributed by atoms with E-state index in [1.165, 1.54) is 0 Å². The summed E-state index contributed by atoms with van der Waals surface area (Å²) >= 11 is 11.4. The SMILES string of the molecule is CCCOc1c(Cl)cc(/C=N\NC(=S)NCCOC)cc1OCC. The Labute approximate surface area is 153 Å². The van der Waals surface area contributed by atoms with Crippen LogP contribution in [0, 0.1) is 0 Å². The predicted octanol–water partition coefficient (Wildman–Crippen LogP) is 2.97. The fraction of sp³-hybridized carbons (Fsp3) is 0.500. The van der Waals surface area contributed by atoms with Crippen LogP contribution in [0.15, 0.2) is 17.2 Å². The minimum absolute atomic E-state index is 0.419. The van der Waals surface area contributed by atoms with Crippen molar-refractivity contribution in [3.8, 4) is 11.5 Å². The second-order valence-corrected chi connectivity index (χ2v) is 5.55. The molecule has 0 saturated carbocycles. The maximum atomic E-state index is 6.29. The lowest BCUT2D eigenvalue weighted by Crippen LogP contribution is -2.34. The highest BCUT2D eigenvalue weighted by molar-refractivity contribution is 7.80. The largest absolute Gasteiger partial charge is 0.490 e. The van der Waals surface area contributed by atoms with E-state index in [4.69, 9.17) is 38.0 Å². The molecule has 0 spiro atoms. The van der Waals surface area contributed by atoms with E-state index >= 15 is 0 Å². The number of nitrogens with one attached hydrogen (secondary N) is 2. The van der Waals surface area contributed by atoms with Crippen molar-refractivity contribution in [3.05, 3.63) is 22.7 Å².